The van der Waals surface area contributed by atoms with Crippen molar-refractivity contribution in [3.8, 4) is 5.75 Å². The summed E-state index contributed by atoms with van der Waals surface area (Å²) in [4.78, 5) is 14.3. The first kappa shape index (κ1) is 17.8. The number of anilines is 1. The van der Waals surface area contributed by atoms with Gasteiger partial charge in [-0.3, -0.25) is 4.79 Å². The Bertz CT molecular complexity index is 686. The first-order chi connectivity index (χ1) is 11.5. The second kappa shape index (κ2) is 8.36. The highest BCUT2D eigenvalue weighted by molar-refractivity contribution is 5.95. The Labute approximate surface area is 143 Å². The fraction of sp³-hybridized carbons (Fsp3) is 0.316. The molecule has 128 valence electrons. The lowest BCUT2D eigenvalue weighted by Gasteiger charge is -2.18. The van der Waals surface area contributed by atoms with Crippen molar-refractivity contribution >= 4 is 11.6 Å². The first-order valence-electron chi connectivity index (χ1n) is 7.77. The highest BCUT2D eigenvalue weighted by atomic mass is 16.5. The number of hydrogen-bond acceptors (Lipinski definition) is 4. The number of nitrogens with zero attached hydrogens (tertiary/aromatic N) is 1. The summed E-state index contributed by atoms with van der Waals surface area (Å²) in [6.45, 7) is 0.384. The van der Waals surface area contributed by atoms with Crippen LogP contribution in [0, 0.1) is 0 Å². The lowest BCUT2D eigenvalue weighted by Crippen LogP contribution is -2.29. The predicted octanol–water partition coefficient (Wildman–Crippen LogP) is 2.88. The summed E-state index contributed by atoms with van der Waals surface area (Å²) < 4.78 is 10.7. The molecule has 1 unspecified atom stereocenters. The molecule has 0 bridgehead atoms. The zero-order valence-corrected chi connectivity index (χ0v) is 14.6. The van der Waals surface area contributed by atoms with Crippen molar-refractivity contribution in [2.75, 3.05) is 39.8 Å². The molecule has 1 amide bonds. The van der Waals surface area contributed by atoms with Crippen LogP contribution in [0.25, 0.3) is 0 Å². The SMILES string of the molecule is COc1cccc(C(CNC(=O)c2cccc(N(C)C)c2)OC)c1. The van der Waals surface area contributed by atoms with Crippen LogP contribution in [0.2, 0.25) is 0 Å². The van der Waals surface area contributed by atoms with Gasteiger partial charge in [0.1, 0.15) is 5.75 Å². The van der Waals surface area contributed by atoms with Crippen molar-refractivity contribution in [1.29, 1.82) is 0 Å². The lowest BCUT2D eigenvalue weighted by atomic mass is 10.1. The van der Waals surface area contributed by atoms with Gasteiger partial charge in [-0.05, 0) is 35.9 Å². The number of ether oxygens (including phenoxy) is 2. The van der Waals surface area contributed by atoms with Crippen molar-refractivity contribution < 1.29 is 14.3 Å². The van der Waals surface area contributed by atoms with E-state index in [-0.39, 0.29) is 12.0 Å². The molecular weight excluding hydrogens is 304 g/mol. The van der Waals surface area contributed by atoms with E-state index in [4.69, 9.17) is 9.47 Å². The smallest absolute Gasteiger partial charge is 0.251 e. The fourth-order valence-corrected chi connectivity index (χ4v) is 2.39. The number of carbonyl (C=O) groups excluding carboxylic acids is 1. The fourth-order valence-electron chi connectivity index (χ4n) is 2.39. The van der Waals surface area contributed by atoms with E-state index in [0.717, 1.165) is 17.0 Å². The Balaban J connectivity index is 2.04. The molecule has 0 aliphatic rings. The third kappa shape index (κ3) is 4.49. The average Bonchev–Trinajstić information content (AvgIpc) is 2.62. The van der Waals surface area contributed by atoms with Crippen molar-refractivity contribution in [2.45, 2.75) is 6.10 Å². The van der Waals surface area contributed by atoms with Crippen LogP contribution in [0.3, 0.4) is 0 Å². The molecule has 2 aromatic rings. The monoisotopic (exact) mass is 328 g/mol. The summed E-state index contributed by atoms with van der Waals surface area (Å²) in [5.74, 6) is 0.642. The van der Waals surface area contributed by atoms with Gasteiger partial charge in [0, 0.05) is 39.0 Å². The van der Waals surface area contributed by atoms with Gasteiger partial charge < -0.3 is 19.7 Å². The topological polar surface area (TPSA) is 50.8 Å². The number of amides is 1. The van der Waals surface area contributed by atoms with Gasteiger partial charge in [-0.15, -0.1) is 0 Å². The zero-order chi connectivity index (χ0) is 17.5. The van der Waals surface area contributed by atoms with E-state index in [9.17, 15) is 4.79 Å². The molecule has 2 aromatic carbocycles. The van der Waals surface area contributed by atoms with Gasteiger partial charge in [-0.2, -0.15) is 0 Å². The van der Waals surface area contributed by atoms with Gasteiger partial charge >= 0.3 is 0 Å². The van der Waals surface area contributed by atoms with Gasteiger partial charge in [0.15, 0.2) is 0 Å². The molecule has 2 rings (SSSR count). The van der Waals surface area contributed by atoms with Gasteiger partial charge in [-0.1, -0.05) is 18.2 Å². The molecule has 5 nitrogen and oxygen atoms in total. The van der Waals surface area contributed by atoms with Crippen LogP contribution in [0.15, 0.2) is 48.5 Å². The van der Waals surface area contributed by atoms with E-state index in [1.807, 2.05) is 61.5 Å². The van der Waals surface area contributed by atoms with Crippen LogP contribution >= 0.6 is 0 Å². The van der Waals surface area contributed by atoms with Crippen molar-refractivity contribution in [1.82, 2.24) is 5.32 Å². The van der Waals surface area contributed by atoms with Crippen LogP contribution < -0.4 is 15.0 Å². The molecular formula is C19H24N2O3. The molecule has 1 N–H and O–H groups in total. The first-order valence-corrected chi connectivity index (χ1v) is 7.77. The number of methoxy groups -OCH3 is 2. The molecule has 0 aliphatic heterocycles. The maximum absolute atomic E-state index is 12.4. The summed E-state index contributed by atoms with van der Waals surface area (Å²) in [6.07, 6.45) is -0.235. The summed E-state index contributed by atoms with van der Waals surface area (Å²) in [6, 6.07) is 15.1. The average molecular weight is 328 g/mol. The van der Waals surface area contributed by atoms with Gasteiger partial charge in [0.2, 0.25) is 0 Å². The maximum atomic E-state index is 12.4. The number of rotatable bonds is 7. The summed E-state index contributed by atoms with van der Waals surface area (Å²) in [7, 11) is 7.14. The van der Waals surface area contributed by atoms with Crippen LogP contribution in [0.1, 0.15) is 22.0 Å². The minimum atomic E-state index is -0.235. The van der Waals surface area contributed by atoms with Crippen LogP contribution in [-0.2, 0) is 4.74 Å². The van der Waals surface area contributed by atoms with Gasteiger partial charge in [0.05, 0.1) is 13.2 Å². The number of carbonyl (C=O) groups is 1. The molecule has 0 saturated carbocycles. The predicted molar refractivity (Wildman–Crippen MR) is 95.8 cm³/mol. The highest BCUT2D eigenvalue weighted by Gasteiger charge is 2.14. The molecule has 0 aliphatic carbocycles. The molecule has 0 radical (unpaired) electrons. The van der Waals surface area contributed by atoms with E-state index in [1.54, 1.807) is 20.3 Å². The Kier molecular flexibility index (Phi) is 6.21. The molecule has 0 aromatic heterocycles. The maximum Gasteiger partial charge on any atom is 0.251 e. The quantitative estimate of drug-likeness (QED) is 0.849. The Morgan fingerprint density at radius 2 is 1.88 bits per heavy atom. The van der Waals surface area contributed by atoms with Crippen LogP contribution in [0.5, 0.6) is 5.75 Å². The second-order valence-corrected chi connectivity index (χ2v) is 5.66. The lowest BCUT2D eigenvalue weighted by molar-refractivity contribution is 0.0827. The summed E-state index contributed by atoms with van der Waals surface area (Å²) in [5, 5.41) is 2.93. The largest absolute Gasteiger partial charge is 0.497 e. The molecule has 5 heteroatoms. The summed E-state index contributed by atoms with van der Waals surface area (Å²) >= 11 is 0. The third-order valence-corrected chi connectivity index (χ3v) is 3.82. The minimum absolute atomic E-state index is 0.122. The van der Waals surface area contributed by atoms with Gasteiger partial charge in [-0.25, -0.2) is 0 Å². The Hall–Kier alpha value is -2.53. The van der Waals surface area contributed by atoms with Crippen molar-refractivity contribution in [2.24, 2.45) is 0 Å². The van der Waals surface area contributed by atoms with E-state index < -0.39 is 0 Å². The number of hydrogen-bond donors (Lipinski definition) is 1. The molecule has 24 heavy (non-hydrogen) atoms. The van der Waals surface area contributed by atoms with E-state index >= 15 is 0 Å². The van der Waals surface area contributed by atoms with Crippen LogP contribution in [-0.4, -0.2) is 40.8 Å². The Morgan fingerprint density at radius 1 is 1.12 bits per heavy atom. The van der Waals surface area contributed by atoms with E-state index in [2.05, 4.69) is 5.32 Å². The molecule has 1 atom stereocenters. The van der Waals surface area contributed by atoms with Gasteiger partial charge in [0.25, 0.3) is 5.91 Å². The second-order valence-electron chi connectivity index (χ2n) is 5.66. The van der Waals surface area contributed by atoms with Crippen LogP contribution in [0.4, 0.5) is 5.69 Å². The zero-order valence-electron chi connectivity index (χ0n) is 14.6. The molecule has 0 fully saturated rings. The summed E-state index contributed by atoms with van der Waals surface area (Å²) in [5.41, 5.74) is 2.57. The van der Waals surface area contributed by atoms with E-state index in [0.29, 0.717) is 12.1 Å². The standard InChI is InChI=1S/C19H24N2O3/c1-21(2)16-9-5-8-15(11-16)19(22)20-13-18(24-4)14-7-6-10-17(12-14)23-3/h5-12,18H,13H2,1-4H3,(H,20,22). The normalized spacial score (nSPS) is 11.7. The minimum Gasteiger partial charge on any atom is -0.497 e. The number of nitrogens with one attached hydrogen (secondary N) is 1. The van der Waals surface area contributed by atoms with Crippen molar-refractivity contribution in [3.63, 3.8) is 0 Å². The molecule has 0 saturated heterocycles. The Morgan fingerprint density at radius 3 is 2.54 bits per heavy atom. The molecule has 0 heterocycles. The number of benzene rings is 2. The van der Waals surface area contributed by atoms with E-state index in [1.165, 1.54) is 0 Å². The highest BCUT2D eigenvalue weighted by Crippen LogP contribution is 2.21. The third-order valence-electron chi connectivity index (χ3n) is 3.82. The molecule has 0 spiro atoms. The van der Waals surface area contributed by atoms with Crippen molar-refractivity contribution in [3.05, 3.63) is 59.7 Å².